The first kappa shape index (κ1) is 20.2. The zero-order chi connectivity index (χ0) is 21.1. The fourth-order valence-electron chi connectivity index (χ4n) is 3.97. The Balaban J connectivity index is 1.58. The number of anilines is 1. The molecule has 4 rings (SSSR count). The third-order valence-corrected chi connectivity index (χ3v) is 5.75. The van der Waals surface area contributed by atoms with E-state index in [-0.39, 0.29) is 12.5 Å². The predicted octanol–water partition coefficient (Wildman–Crippen LogP) is 3.42. The lowest BCUT2D eigenvalue weighted by atomic mass is 9.87. The number of amides is 1. The third kappa shape index (κ3) is 4.09. The van der Waals surface area contributed by atoms with Gasteiger partial charge in [0.2, 0.25) is 0 Å². The van der Waals surface area contributed by atoms with Crippen LogP contribution in [0, 0.1) is 5.92 Å². The normalized spacial score (nSPS) is 18.9. The molecule has 0 atom stereocenters. The average molecular weight is 410 g/mol. The topological polar surface area (TPSA) is 98.5 Å². The van der Waals surface area contributed by atoms with Crippen molar-refractivity contribution in [3.8, 4) is 11.5 Å². The first-order chi connectivity index (χ1) is 14.6. The number of carbonyl (C=O) groups excluding carboxylic acids is 1. The molecule has 0 radical (unpaired) electrons. The van der Waals surface area contributed by atoms with E-state index in [1.54, 1.807) is 19.4 Å². The number of benzene rings is 1. The number of pyridine rings is 1. The second-order valence-corrected chi connectivity index (χ2v) is 7.65. The van der Waals surface area contributed by atoms with Crippen molar-refractivity contribution in [2.75, 3.05) is 26.1 Å². The maximum Gasteiger partial charge on any atom is 0.257 e. The van der Waals surface area contributed by atoms with E-state index in [9.17, 15) is 9.90 Å². The van der Waals surface area contributed by atoms with E-state index < -0.39 is 0 Å². The van der Waals surface area contributed by atoms with E-state index >= 15 is 0 Å². The van der Waals surface area contributed by atoms with Gasteiger partial charge in [0.1, 0.15) is 11.5 Å². The molecule has 158 valence electrons. The second-order valence-electron chi connectivity index (χ2n) is 7.65. The molecular weight excluding hydrogens is 384 g/mol. The van der Waals surface area contributed by atoms with E-state index in [1.165, 1.54) is 13.3 Å². The molecule has 8 heteroatoms. The molecule has 0 bridgehead atoms. The number of ether oxygens (including phenoxy) is 2. The summed E-state index contributed by atoms with van der Waals surface area (Å²) in [4.78, 5) is 16.7. The number of methoxy groups -OCH3 is 2. The Labute approximate surface area is 174 Å². The summed E-state index contributed by atoms with van der Waals surface area (Å²) >= 11 is 0. The smallest absolute Gasteiger partial charge is 0.257 e. The fraction of sp³-hybridized carbons (Fsp3) is 0.409. The summed E-state index contributed by atoms with van der Waals surface area (Å²) in [5.74, 6) is 1.16. The van der Waals surface area contributed by atoms with E-state index in [0.717, 1.165) is 36.6 Å². The average Bonchev–Trinajstić information content (AvgIpc) is 3.21. The van der Waals surface area contributed by atoms with Crippen molar-refractivity contribution in [1.82, 2.24) is 14.8 Å². The number of nitrogens with zero attached hydrogens (tertiary/aromatic N) is 3. The molecule has 2 N–H and O–H groups in total. The van der Waals surface area contributed by atoms with Crippen molar-refractivity contribution in [1.29, 1.82) is 0 Å². The first-order valence-electron chi connectivity index (χ1n) is 10.1. The van der Waals surface area contributed by atoms with Crippen LogP contribution in [0.1, 0.15) is 42.1 Å². The van der Waals surface area contributed by atoms with E-state index in [1.807, 2.05) is 23.0 Å². The quantitative estimate of drug-likeness (QED) is 0.646. The van der Waals surface area contributed by atoms with E-state index in [2.05, 4.69) is 10.3 Å². The van der Waals surface area contributed by atoms with Gasteiger partial charge in [0.25, 0.3) is 5.91 Å². The number of aliphatic hydroxyl groups excluding tert-OH is 1. The number of carbonyl (C=O) groups is 1. The number of fused-ring (bicyclic) bond motifs is 1. The molecule has 1 fully saturated rings. The monoisotopic (exact) mass is 410 g/mol. The van der Waals surface area contributed by atoms with Gasteiger partial charge < -0.3 is 19.9 Å². The zero-order valence-electron chi connectivity index (χ0n) is 17.2. The molecule has 0 spiro atoms. The number of rotatable bonds is 6. The summed E-state index contributed by atoms with van der Waals surface area (Å²) in [6, 6.07) is 5.67. The van der Waals surface area contributed by atoms with Crippen LogP contribution in [0.4, 0.5) is 5.69 Å². The number of aliphatic hydroxyl groups is 1. The molecule has 1 aromatic carbocycles. The summed E-state index contributed by atoms with van der Waals surface area (Å²) in [5.41, 5.74) is 1.78. The van der Waals surface area contributed by atoms with E-state index in [0.29, 0.717) is 34.7 Å². The number of hydrogen-bond acceptors (Lipinski definition) is 6. The molecule has 30 heavy (non-hydrogen) atoms. The van der Waals surface area contributed by atoms with Crippen molar-refractivity contribution in [2.45, 2.75) is 31.7 Å². The molecule has 1 saturated carbocycles. The maximum atomic E-state index is 12.7. The van der Waals surface area contributed by atoms with Gasteiger partial charge in [-0.15, -0.1) is 0 Å². The molecule has 2 heterocycles. The summed E-state index contributed by atoms with van der Waals surface area (Å²) in [6.07, 6.45) is 9.08. The Morgan fingerprint density at radius 2 is 1.97 bits per heavy atom. The SMILES string of the molecule is COc1cncc(C(=O)Nc2cc3cn([C@H]4CC[C@H](CO)CC4)nc3cc2OC)c1. The summed E-state index contributed by atoms with van der Waals surface area (Å²) < 4.78 is 12.6. The lowest BCUT2D eigenvalue weighted by Crippen LogP contribution is -2.20. The Morgan fingerprint density at radius 3 is 2.67 bits per heavy atom. The molecule has 8 nitrogen and oxygen atoms in total. The van der Waals surface area contributed by atoms with Gasteiger partial charge in [0.15, 0.2) is 0 Å². The highest BCUT2D eigenvalue weighted by Gasteiger charge is 2.23. The van der Waals surface area contributed by atoms with Gasteiger partial charge in [-0.25, -0.2) is 0 Å². The molecule has 0 aliphatic heterocycles. The molecule has 3 aromatic rings. The van der Waals surface area contributed by atoms with Gasteiger partial charge >= 0.3 is 0 Å². The molecule has 1 amide bonds. The minimum atomic E-state index is -0.297. The van der Waals surface area contributed by atoms with Gasteiger partial charge in [-0.2, -0.15) is 5.10 Å². The minimum absolute atomic E-state index is 0.261. The molecular formula is C22H26N4O4. The van der Waals surface area contributed by atoms with Crippen LogP contribution in [-0.2, 0) is 0 Å². The highest BCUT2D eigenvalue weighted by molar-refractivity contribution is 6.06. The van der Waals surface area contributed by atoms with Gasteiger partial charge in [0.05, 0.1) is 43.2 Å². The summed E-state index contributed by atoms with van der Waals surface area (Å²) in [6.45, 7) is 0.261. The van der Waals surface area contributed by atoms with Gasteiger partial charge in [-0.1, -0.05) is 0 Å². The zero-order valence-corrected chi connectivity index (χ0v) is 17.2. The van der Waals surface area contributed by atoms with Crippen LogP contribution in [0.5, 0.6) is 11.5 Å². The lowest BCUT2D eigenvalue weighted by Gasteiger charge is -2.27. The second kappa shape index (κ2) is 8.71. The van der Waals surface area contributed by atoms with Crippen LogP contribution in [0.15, 0.2) is 36.8 Å². The minimum Gasteiger partial charge on any atom is -0.495 e. The Hall–Kier alpha value is -3.13. The van der Waals surface area contributed by atoms with Crippen molar-refractivity contribution < 1.29 is 19.4 Å². The Kier molecular flexibility index (Phi) is 5.85. The maximum absolute atomic E-state index is 12.7. The van der Waals surface area contributed by atoms with Crippen LogP contribution in [-0.4, -0.2) is 46.6 Å². The highest BCUT2D eigenvalue weighted by Crippen LogP contribution is 2.35. The van der Waals surface area contributed by atoms with Crippen LogP contribution in [0.2, 0.25) is 0 Å². The largest absolute Gasteiger partial charge is 0.495 e. The summed E-state index contributed by atoms with van der Waals surface area (Å²) in [5, 5.41) is 17.9. The van der Waals surface area contributed by atoms with Crippen molar-refractivity contribution in [3.05, 3.63) is 42.4 Å². The van der Waals surface area contributed by atoms with Crippen molar-refractivity contribution >= 4 is 22.5 Å². The van der Waals surface area contributed by atoms with Crippen molar-refractivity contribution in [3.63, 3.8) is 0 Å². The predicted molar refractivity (Wildman–Crippen MR) is 113 cm³/mol. The molecule has 0 unspecified atom stereocenters. The number of aromatic nitrogens is 3. The fourth-order valence-corrected chi connectivity index (χ4v) is 3.97. The first-order valence-corrected chi connectivity index (χ1v) is 10.1. The Bertz CT molecular complexity index is 1040. The van der Waals surface area contributed by atoms with Gasteiger partial charge in [-0.3, -0.25) is 14.5 Å². The standard InChI is InChI=1S/C22H26N4O4/c1-29-18-7-15(10-23-11-18)22(28)24-20-8-16-12-26(25-19(16)9-21(20)30-2)17-5-3-14(13-27)4-6-17/h7-12,14,17,27H,3-6,13H2,1-2H3,(H,24,28)/t14-,17-. The van der Waals surface area contributed by atoms with Gasteiger partial charge in [0, 0.05) is 30.5 Å². The highest BCUT2D eigenvalue weighted by atomic mass is 16.5. The van der Waals surface area contributed by atoms with Crippen LogP contribution < -0.4 is 14.8 Å². The number of nitrogens with one attached hydrogen (secondary N) is 1. The Morgan fingerprint density at radius 1 is 1.17 bits per heavy atom. The van der Waals surface area contributed by atoms with Crippen molar-refractivity contribution in [2.24, 2.45) is 5.92 Å². The lowest BCUT2D eigenvalue weighted by molar-refractivity contribution is 0.102. The van der Waals surface area contributed by atoms with Crippen LogP contribution >= 0.6 is 0 Å². The summed E-state index contributed by atoms with van der Waals surface area (Å²) in [7, 11) is 3.10. The molecule has 0 saturated heterocycles. The van der Waals surface area contributed by atoms with Crippen LogP contribution in [0.3, 0.4) is 0 Å². The van der Waals surface area contributed by atoms with Gasteiger partial charge in [-0.05, 0) is 43.7 Å². The molecule has 1 aliphatic rings. The van der Waals surface area contributed by atoms with E-state index in [4.69, 9.17) is 14.6 Å². The molecule has 2 aromatic heterocycles. The van der Waals surface area contributed by atoms with Crippen LogP contribution in [0.25, 0.3) is 10.9 Å². The number of hydrogen-bond donors (Lipinski definition) is 2. The third-order valence-electron chi connectivity index (χ3n) is 5.75. The molecule has 1 aliphatic carbocycles.